The Labute approximate surface area is 107 Å². The van der Waals surface area contributed by atoms with E-state index in [-0.39, 0.29) is 5.91 Å². The van der Waals surface area contributed by atoms with Crippen molar-refractivity contribution in [2.45, 2.75) is 26.2 Å². The molecule has 0 radical (unpaired) electrons. The summed E-state index contributed by atoms with van der Waals surface area (Å²) in [7, 11) is 0. The zero-order valence-corrected chi connectivity index (χ0v) is 10.7. The lowest BCUT2D eigenvalue weighted by molar-refractivity contribution is -0.129. The monoisotopic (exact) mass is 242 g/mol. The number of H-pyrrole nitrogens is 1. The molecule has 2 aromatic rings. The van der Waals surface area contributed by atoms with Crippen LogP contribution in [0, 0.1) is 6.92 Å². The van der Waals surface area contributed by atoms with Crippen molar-refractivity contribution < 1.29 is 4.79 Å². The van der Waals surface area contributed by atoms with E-state index in [0.29, 0.717) is 6.42 Å². The number of fused-ring (bicyclic) bond motifs is 1. The van der Waals surface area contributed by atoms with Crippen molar-refractivity contribution >= 4 is 16.8 Å². The molecule has 0 saturated carbocycles. The average molecular weight is 242 g/mol. The van der Waals surface area contributed by atoms with Crippen molar-refractivity contribution in [3.63, 3.8) is 0 Å². The van der Waals surface area contributed by atoms with Crippen LogP contribution in [-0.4, -0.2) is 28.9 Å². The quantitative estimate of drug-likeness (QED) is 0.863. The van der Waals surface area contributed by atoms with E-state index < -0.39 is 0 Å². The van der Waals surface area contributed by atoms with Gasteiger partial charge in [0.2, 0.25) is 5.91 Å². The van der Waals surface area contributed by atoms with Crippen LogP contribution in [0.5, 0.6) is 0 Å². The molecule has 1 aliphatic heterocycles. The van der Waals surface area contributed by atoms with Gasteiger partial charge in [0.05, 0.1) is 6.42 Å². The number of aromatic amines is 1. The highest BCUT2D eigenvalue weighted by Crippen LogP contribution is 2.23. The third kappa shape index (κ3) is 1.90. The molecule has 2 heterocycles. The van der Waals surface area contributed by atoms with Gasteiger partial charge in [0, 0.05) is 29.7 Å². The second-order valence-corrected chi connectivity index (χ2v) is 5.04. The highest BCUT2D eigenvalue weighted by Gasteiger charge is 2.20. The number of rotatable bonds is 2. The summed E-state index contributed by atoms with van der Waals surface area (Å²) in [4.78, 5) is 17.6. The predicted molar refractivity (Wildman–Crippen MR) is 72.6 cm³/mol. The normalized spacial score (nSPS) is 15.5. The highest BCUT2D eigenvalue weighted by atomic mass is 16.2. The van der Waals surface area contributed by atoms with Crippen molar-refractivity contribution in [2.75, 3.05) is 13.1 Å². The second kappa shape index (κ2) is 4.48. The summed E-state index contributed by atoms with van der Waals surface area (Å²) in [5, 5.41) is 1.18. The predicted octanol–water partition coefficient (Wildman–Crippen LogP) is 2.64. The number of aromatic nitrogens is 1. The fourth-order valence-corrected chi connectivity index (χ4v) is 2.79. The molecule has 1 saturated heterocycles. The Balaban J connectivity index is 1.89. The zero-order valence-electron chi connectivity index (χ0n) is 10.7. The Bertz CT molecular complexity index is 579. The first-order valence-corrected chi connectivity index (χ1v) is 6.59. The third-order valence-electron chi connectivity index (χ3n) is 3.81. The van der Waals surface area contributed by atoms with E-state index in [1.165, 1.54) is 5.39 Å². The van der Waals surface area contributed by atoms with E-state index in [9.17, 15) is 4.79 Å². The van der Waals surface area contributed by atoms with E-state index in [2.05, 4.69) is 17.1 Å². The molecule has 0 atom stereocenters. The molecule has 1 N–H and O–H groups in total. The summed E-state index contributed by atoms with van der Waals surface area (Å²) in [5.41, 5.74) is 3.39. The molecule has 1 fully saturated rings. The first-order chi connectivity index (χ1) is 8.75. The molecule has 0 bridgehead atoms. The SMILES string of the molecule is Cc1[nH]c2ccccc2c1CC(=O)N1CCCC1. The van der Waals surface area contributed by atoms with Crippen LogP contribution in [0.4, 0.5) is 0 Å². The highest BCUT2D eigenvalue weighted by molar-refractivity contribution is 5.90. The topological polar surface area (TPSA) is 36.1 Å². The van der Waals surface area contributed by atoms with Crippen molar-refractivity contribution in [1.29, 1.82) is 0 Å². The Hall–Kier alpha value is -1.77. The van der Waals surface area contributed by atoms with Gasteiger partial charge < -0.3 is 9.88 Å². The van der Waals surface area contributed by atoms with Gasteiger partial charge >= 0.3 is 0 Å². The van der Waals surface area contributed by atoms with Gasteiger partial charge in [-0.15, -0.1) is 0 Å². The number of carbonyl (C=O) groups excluding carboxylic acids is 1. The molecule has 3 heteroatoms. The van der Waals surface area contributed by atoms with Crippen molar-refractivity contribution in [3.05, 3.63) is 35.5 Å². The number of hydrogen-bond acceptors (Lipinski definition) is 1. The number of para-hydroxylation sites is 1. The summed E-state index contributed by atoms with van der Waals surface area (Å²) < 4.78 is 0. The van der Waals surface area contributed by atoms with Gasteiger partial charge in [0.15, 0.2) is 0 Å². The summed E-state index contributed by atoms with van der Waals surface area (Å²) in [5.74, 6) is 0.264. The fourth-order valence-electron chi connectivity index (χ4n) is 2.79. The van der Waals surface area contributed by atoms with Gasteiger partial charge in [-0.25, -0.2) is 0 Å². The van der Waals surface area contributed by atoms with Gasteiger partial charge in [-0.3, -0.25) is 4.79 Å². The summed E-state index contributed by atoms with van der Waals surface area (Å²) in [6.45, 7) is 3.91. The minimum absolute atomic E-state index is 0.264. The van der Waals surface area contributed by atoms with Crippen molar-refractivity contribution in [1.82, 2.24) is 9.88 Å². The molecule has 0 spiro atoms. The number of likely N-dealkylation sites (tertiary alicyclic amines) is 1. The van der Waals surface area contributed by atoms with Gasteiger partial charge in [-0.1, -0.05) is 18.2 Å². The number of nitrogens with zero attached hydrogens (tertiary/aromatic N) is 1. The average Bonchev–Trinajstić information content (AvgIpc) is 2.98. The van der Waals surface area contributed by atoms with Gasteiger partial charge in [0.25, 0.3) is 0 Å². The first-order valence-electron chi connectivity index (χ1n) is 6.59. The second-order valence-electron chi connectivity index (χ2n) is 5.04. The maximum atomic E-state index is 12.2. The molecule has 0 aliphatic carbocycles. The molecule has 94 valence electrons. The largest absolute Gasteiger partial charge is 0.358 e. The van der Waals surface area contributed by atoms with E-state index in [4.69, 9.17) is 0 Å². The molecular weight excluding hydrogens is 224 g/mol. The number of carbonyl (C=O) groups is 1. The lowest BCUT2D eigenvalue weighted by Gasteiger charge is -2.15. The molecule has 1 aliphatic rings. The summed E-state index contributed by atoms with van der Waals surface area (Å²) >= 11 is 0. The van der Waals surface area contributed by atoms with Crippen molar-refractivity contribution in [3.8, 4) is 0 Å². The zero-order chi connectivity index (χ0) is 12.5. The van der Waals surface area contributed by atoms with Crippen LogP contribution in [0.15, 0.2) is 24.3 Å². The number of amides is 1. The van der Waals surface area contributed by atoms with Gasteiger partial charge in [0.1, 0.15) is 0 Å². The minimum atomic E-state index is 0.264. The Morgan fingerprint density at radius 2 is 2.00 bits per heavy atom. The van der Waals surface area contributed by atoms with Crippen LogP contribution in [0.25, 0.3) is 10.9 Å². The molecule has 1 aromatic heterocycles. The molecule has 1 amide bonds. The van der Waals surface area contributed by atoms with E-state index in [0.717, 1.165) is 42.7 Å². The minimum Gasteiger partial charge on any atom is -0.358 e. The molecule has 0 unspecified atom stereocenters. The fraction of sp³-hybridized carbons (Fsp3) is 0.400. The third-order valence-corrected chi connectivity index (χ3v) is 3.81. The molecular formula is C15H18N2O. The number of nitrogens with one attached hydrogen (secondary N) is 1. The van der Waals surface area contributed by atoms with E-state index in [1.54, 1.807) is 0 Å². The Morgan fingerprint density at radius 3 is 2.78 bits per heavy atom. The maximum absolute atomic E-state index is 12.2. The van der Waals surface area contributed by atoms with Gasteiger partial charge in [-0.2, -0.15) is 0 Å². The first kappa shape index (κ1) is 11.3. The van der Waals surface area contributed by atoms with Crippen LogP contribution in [0.1, 0.15) is 24.1 Å². The molecule has 1 aromatic carbocycles. The maximum Gasteiger partial charge on any atom is 0.227 e. The smallest absolute Gasteiger partial charge is 0.227 e. The lowest BCUT2D eigenvalue weighted by Crippen LogP contribution is -2.29. The van der Waals surface area contributed by atoms with Gasteiger partial charge in [-0.05, 0) is 31.4 Å². The summed E-state index contributed by atoms with van der Waals surface area (Å²) in [6.07, 6.45) is 2.83. The van der Waals surface area contributed by atoms with Crippen LogP contribution < -0.4 is 0 Å². The Kier molecular flexibility index (Phi) is 2.82. The number of aryl methyl sites for hydroxylation is 1. The van der Waals surface area contributed by atoms with Crippen LogP contribution >= 0.6 is 0 Å². The van der Waals surface area contributed by atoms with Crippen LogP contribution in [0.2, 0.25) is 0 Å². The Morgan fingerprint density at radius 1 is 1.28 bits per heavy atom. The summed E-state index contributed by atoms with van der Waals surface area (Å²) in [6, 6.07) is 8.20. The molecule has 3 rings (SSSR count). The van der Waals surface area contributed by atoms with Crippen LogP contribution in [-0.2, 0) is 11.2 Å². The van der Waals surface area contributed by atoms with Crippen LogP contribution in [0.3, 0.4) is 0 Å². The number of benzene rings is 1. The van der Waals surface area contributed by atoms with Crippen molar-refractivity contribution in [2.24, 2.45) is 0 Å². The lowest BCUT2D eigenvalue weighted by atomic mass is 10.1. The molecule has 18 heavy (non-hydrogen) atoms. The van der Waals surface area contributed by atoms with E-state index in [1.807, 2.05) is 24.0 Å². The number of hydrogen-bond donors (Lipinski definition) is 1. The standard InChI is InChI=1S/C15H18N2O/c1-11-13(10-15(18)17-8-4-5-9-17)12-6-2-3-7-14(12)16-11/h2-3,6-7,16H,4-5,8-10H2,1H3. The van der Waals surface area contributed by atoms with E-state index >= 15 is 0 Å². The molecule has 3 nitrogen and oxygen atoms in total.